The minimum atomic E-state index is 0.0866. The van der Waals surface area contributed by atoms with Crippen LogP contribution >= 0.6 is 0 Å². The van der Waals surface area contributed by atoms with Gasteiger partial charge in [0.2, 0.25) is 0 Å². The zero-order valence-corrected chi connectivity index (χ0v) is 11.8. The summed E-state index contributed by atoms with van der Waals surface area (Å²) >= 11 is 0. The first-order valence-electron chi connectivity index (χ1n) is 7.04. The van der Waals surface area contributed by atoms with E-state index in [-0.39, 0.29) is 12.1 Å². The Hall–Kier alpha value is -1.38. The van der Waals surface area contributed by atoms with Crippen molar-refractivity contribution in [3.8, 4) is 6.07 Å². The first-order chi connectivity index (χ1) is 9.17. The summed E-state index contributed by atoms with van der Waals surface area (Å²) in [6.45, 7) is 2.91. The van der Waals surface area contributed by atoms with E-state index in [1.165, 1.54) is 18.4 Å². The molecule has 0 spiro atoms. The van der Waals surface area contributed by atoms with Gasteiger partial charge in [-0.3, -0.25) is 9.58 Å². The number of aromatic nitrogens is 2. The Labute approximate surface area is 115 Å². The van der Waals surface area contributed by atoms with Gasteiger partial charge in [0.15, 0.2) is 0 Å². The largest absolute Gasteiger partial charge is 0.326 e. The normalized spacial score (nSPS) is 18.3. The molecule has 0 bridgehead atoms. The van der Waals surface area contributed by atoms with Gasteiger partial charge in [-0.15, -0.1) is 0 Å². The van der Waals surface area contributed by atoms with Crippen LogP contribution in [0.4, 0.5) is 0 Å². The number of aryl methyl sites for hydroxylation is 1. The van der Waals surface area contributed by atoms with Crippen LogP contribution in [0.1, 0.15) is 44.2 Å². The molecule has 1 aliphatic carbocycles. The third-order valence-corrected chi connectivity index (χ3v) is 3.80. The zero-order valence-electron chi connectivity index (χ0n) is 11.8. The van der Waals surface area contributed by atoms with Crippen molar-refractivity contribution in [2.45, 2.75) is 50.7 Å². The molecule has 0 aliphatic heterocycles. The van der Waals surface area contributed by atoms with Crippen LogP contribution in [0, 0.1) is 11.3 Å². The van der Waals surface area contributed by atoms with Crippen LogP contribution in [0.2, 0.25) is 0 Å². The average Bonchev–Trinajstić information content (AvgIpc) is 3.16. The predicted molar refractivity (Wildman–Crippen MR) is 74.2 cm³/mol. The molecule has 5 nitrogen and oxygen atoms in total. The van der Waals surface area contributed by atoms with E-state index in [1.54, 1.807) is 0 Å². The molecule has 1 aromatic rings. The van der Waals surface area contributed by atoms with Gasteiger partial charge in [-0.25, -0.2) is 0 Å². The van der Waals surface area contributed by atoms with Crippen LogP contribution in [0.25, 0.3) is 0 Å². The van der Waals surface area contributed by atoms with Gasteiger partial charge in [-0.1, -0.05) is 6.92 Å². The Morgan fingerprint density at radius 1 is 1.63 bits per heavy atom. The monoisotopic (exact) mass is 261 g/mol. The molecule has 0 saturated heterocycles. The van der Waals surface area contributed by atoms with Crippen molar-refractivity contribution in [1.29, 1.82) is 5.26 Å². The Bertz CT molecular complexity index is 443. The molecule has 5 heteroatoms. The zero-order chi connectivity index (χ0) is 13.8. The van der Waals surface area contributed by atoms with Crippen LogP contribution in [0.3, 0.4) is 0 Å². The smallest absolute Gasteiger partial charge is 0.0635 e. The summed E-state index contributed by atoms with van der Waals surface area (Å²) in [5, 5.41) is 13.1. The second-order valence-electron chi connectivity index (χ2n) is 5.34. The van der Waals surface area contributed by atoms with Gasteiger partial charge in [-0.2, -0.15) is 10.4 Å². The summed E-state index contributed by atoms with van der Waals surface area (Å²) < 4.78 is 1.82. The summed E-state index contributed by atoms with van der Waals surface area (Å²) in [5.74, 6) is 0. The van der Waals surface area contributed by atoms with E-state index in [1.807, 2.05) is 24.1 Å². The Morgan fingerprint density at radius 2 is 2.37 bits per heavy atom. The summed E-state index contributed by atoms with van der Waals surface area (Å²) in [4.78, 5) is 2.41. The van der Waals surface area contributed by atoms with Crippen molar-refractivity contribution in [2.24, 2.45) is 12.8 Å². The molecule has 2 N–H and O–H groups in total. The number of nitriles is 1. The highest BCUT2D eigenvalue weighted by molar-refractivity contribution is 5.15. The molecule has 2 rings (SSSR count). The highest BCUT2D eigenvalue weighted by Gasteiger charge is 2.37. The molecule has 2 unspecified atom stereocenters. The minimum Gasteiger partial charge on any atom is -0.326 e. The summed E-state index contributed by atoms with van der Waals surface area (Å²) in [6.07, 6.45) is 7.88. The molecular formula is C14H23N5. The molecular weight excluding hydrogens is 238 g/mol. The average molecular weight is 261 g/mol. The molecule has 0 amide bonds. The molecule has 104 valence electrons. The standard InChI is InChI=1S/C14H23N5/c1-3-13(16)14(11-9-17-18(2)10-11)19(8-4-7-15)12-5-6-12/h9-10,12-14H,3-6,8,16H2,1-2H3. The highest BCUT2D eigenvalue weighted by atomic mass is 15.3. The topological polar surface area (TPSA) is 70.9 Å². The van der Waals surface area contributed by atoms with Crippen LogP contribution < -0.4 is 5.73 Å². The Balaban J connectivity index is 2.22. The van der Waals surface area contributed by atoms with E-state index in [9.17, 15) is 0 Å². The first-order valence-corrected chi connectivity index (χ1v) is 7.04. The van der Waals surface area contributed by atoms with Crippen molar-refractivity contribution in [2.75, 3.05) is 6.54 Å². The van der Waals surface area contributed by atoms with Gasteiger partial charge in [-0.05, 0) is 19.3 Å². The summed E-state index contributed by atoms with van der Waals surface area (Å²) in [5.41, 5.74) is 7.50. The summed E-state index contributed by atoms with van der Waals surface area (Å²) in [7, 11) is 1.93. The number of nitrogens with zero attached hydrogens (tertiary/aromatic N) is 4. The fourth-order valence-corrected chi connectivity index (χ4v) is 2.63. The van der Waals surface area contributed by atoms with Gasteiger partial charge in [0.05, 0.1) is 18.3 Å². The molecule has 1 saturated carbocycles. The molecule has 1 aliphatic rings. The van der Waals surface area contributed by atoms with Crippen LogP contribution in [-0.2, 0) is 7.05 Å². The van der Waals surface area contributed by atoms with E-state index in [2.05, 4.69) is 23.0 Å². The maximum Gasteiger partial charge on any atom is 0.0635 e. The first kappa shape index (κ1) is 14.0. The lowest BCUT2D eigenvalue weighted by atomic mass is 9.98. The van der Waals surface area contributed by atoms with Crippen molar-refractivity contribution in [1.82, 2.24) is 14.7 Å². The number of hydrogen-bond acceptors (Lipinski definition) is 4. The maximum atomic E-state index is 8.85. The van der Waals surface area contributed by atoms with E-state index < -0.39 is 0 Å². The molecule has 19 heavy (non-hydrogen) atoms. The number of nitrogens with two attached hydrogens (primary N) is 1. The molecule has 1 fully saturated rings. The van der Waals surface area contributed by atoms with E-state index in [0.717, 1.165) is 13.0 Å². The second-order valence-corrected chi connectivity index (χ2v) is 5.34. The van der Waals surface area contributed by atoms with Gasteiger partial charge in [0, 0.05) is 43.9 Å². The molecule has 0 radical (unpaired) electrons. The Morgan fingerprint density at radius 3 is 2.84 bits per heavy atom. The van der Waals surface area contributed by atoms with Crippen molar-refractivity contribution in [3.05, 3.63) is 18.0 Å². The lowest BCUT2D eigenvalue weighted by Gasteiger charge is -2.34. The van der Waals surface area contributed by atoms with Gasteiger partial charge in [0.25, 0.3) is 0 Å². The fourth-order valence-electron chi connectivity index (χ4n) is 2.63. The van der Waals surface area contributed by atoms with Crippen LogP contribution in [0.15, 0.2) is 12.4 Å². The molecule has 2 atom stereocenters. The van der Waals surface area contributed by atoms with Crippen molar-refractivity contribution < 1.29 is 0 Å². The lowest BCUT2D eigenvalue weighted by Crippen LogP contribution is -2.42. The van der Waals surface area contributed by atoms with Gasteiger partial charge >= 0.3 is 0 Å². The van der Waals surface area contributed by atoms with Crippen LogP contribution in [0.5, 0.6) is 0 Å². The van der Waals surface area contributed by atoms with Crippen molar-refractivity contribution in [3.63, 3.8) is 0 Å². The number of rotatable bonds is 7. The quantitative estimate of drug-likeness (QED) is 0.809. The van der Waals surface area contributed by atoms with E-state index in [0.29, 0.717) is 12.5 Å². The van der Waals surface area contributed by atoms with Gasteiger partial charge in [0.1, 0.15) is 0 Å². The third-order valence-electron chi connectivity index (χ3n) is 3.80. The fraction of sp³-hybridized carbons (Fsp3) is 0.714. The Kier molecular flexibility index (Phi) is 4.56. The van der Waals surface area contributed by atoms with E-state index in [4.69, 9.17) is 11.0 Å². The van der Waals surface area contributed by atoms with Crippen LogP contribution in [-0.4, -0.2) is 33.3 Å². The molecule has 1 aromatic heterocycles. The lowest BCUT2D eigenvalue weighted by molar-refractivity contribution is 0.163. The minimum absolute atomic E-state index is 0.0866. The molecule has 1 heterocycles. The number of hydrogen-bond donors (Lipinski definition) is 1. The van der Waals surface area contributed by atoms with Gasteiger partial charge < -0.3 is 5.73 Å². The maximum absolute atomic E-state index is 8.85. The summed E-state index contributed by atoms with van der Waals surface area (Å²) in [6, 6.07) is 3.11. The predicted octanol–water partition coefficient (Wildman–Crippen LogP) is 1.58. The SMILES string of the molecule is CCC(N)C(c1cnn(C)c1)N(CCC#N)C1CC1. The molecule has 0 aromatic carbocycles. The third kappa shape index (κ3) is 3.34. The second kappa shape index (κ2) is 6.18. The van der Waals surface area contributed by atoms with Crippen molar-refractivity contribution >= 4 is 0 Å². The highest BCUT2D eigenvalue weighted by Crippen LogP contribution is 2.36. The van der Waals surface area contributed by atoms with E-state index >= 15 is 0 Å².